The summed E-state index contributed by atoms with van der Waals surface area (Å²) in [5.74, 6) is -0.262. The van der Waals surface area contributed by atoms with Crippen LogP contribution in [0.2, 0.25) is 0 Å². The van der Waals surface area contributed by atoms with E-state index in [2.05, 4.69) is 10.3 Å². The second kappa shape index (κ2) is 7.33. The number of alkyl halides is 3. The Morgan fingerprint density at radius 1 is 1.25 bits per heavy atom. The number of aromatic nitrogens is 1. The van der Waals surface area contributed by atoms with Crippen molar-refractivity contribution in [3.8, 4) is 0 Å². The average Bonchev–Trinajstić information content (AvgIpc) is 2.52. The molecule has 1 heterocycles. The third kappa shape index (κ3) is 4.71. The monoisotopic (exact) mass is 338 g/mol. The Hall–Kier alpha value is -2.57. The molecule has 0 aliphatic heterocycles. The first-order valence-corrected chi connectivity index (χ1v) is 7.34. The second-order valence-electron chi connectivity index (χ2n) is 5.60. The van der Waals surface area contributed by atoms with E-state index in [0.29, 0.717) is 0 Å². The molecule has 0 radical (unpaired) electrons. The first-order chi connectivity index (χ1) is 11.3. The standard InChI is InChI=1S/C17H17F3N2O2/c1-11(2)10-24-16(23)14-7-4-8-21-15(14)22-13-6-3-5-12(9-13)17(18,19)20/h3-9,11H,10H2,1-2H3,(H,21,22). The predicted octanol–water partition coefficient (Wildman–Crippen LogP) is 4.66. The van der Waals surface area contributed by atoms with Crippen molar-refractivity contribution in [1.29, 1.82) is 0 Å². The van der Waals surface area contributed by atoms with Gasteiger partial charge in [0.05, 0.1) is 12.2 Å². The molecule has 128 valence electrons. The van der Waals surface area contributed by atoms with Crippen LogP contribution in [0.3, 0.4) is 0 Å². The van der Waals surface area contributed by atoms with E-state index in [1.165, 1.54) is 24.4 Å². The van der Waals surface area contributed by atoms with Crippen molar-refractivity contribution in [2.45, 2.75) is 20.0 Å². The lowest BCUT2D eigenvalue weighted by Gasteiger charge is -2.13. The Balaban J connectivity index is 2.23. The van der Waals surface area contributed by atoms with Crippen molar-refractivity contribution < 1.29 is 22.7 Å². The van der Waals surface area contributed by atoms with Gasteiger partial charge in [-0.25, -0.2) is 9.78 Å². The van der Waals surface area contributed by atoms with Crippen molar-refractivity contribution in [3.63, 3.8) is 0 Å². The number of benzene rings is 1. The topological polar surface area (TPSA) is 51.2 Å². The van der Waals surface area contributed by atoms with Gasteiger partial charge in [0, 0.05) is 11.9 Å². The van der Waals surface area contributed by atoms with Crippen LogP contribution in [-0.2, 0) is 10.9 Å². The van der Waals surface area contributed by atoms with Gasteiger partial charge in [-0.3, -0.25) is 0 Å². The second-order valence-corrected chi connectivity index (χ2v) is 5.60. The van der Waals surface area contributed by atoms with Gasteiger partial charge >= 0.3 is 12.1 Å². The molecular formula is C17H17F3N2O2. The Morgan fingerprint density at radius 3 is 2.67 bits per heavy atom. The third-order valence-electron chi connectivity index (χ3n) is 3.03. The van der Waals surface area contributed by atoms with Crippen LogP contribution in [0.1, 0.15) is 29.8 Å². The average molecular weight is 338 g/mol. The van der Waals surface area contributed by atoms with Gasteiger partial charge in [-0.05, 0) is 36.2 Å². The molecule has 0 atom stereocenters. The van der Waals surface area contributed by atoms with Crippen LogP contribution < -0.4 is 5.32 Å². The maximum atomic E-state index is 12.8. The van der Waals surface area contributed by atoms with Crippen LogP contribution >= 0.6 is 0 Å². The van der Waals surface area contributed by atoms with Gasteiger partial charge in [-0.2, -0.15) is 13.2 Å². The molecule has 0 spiro atoms. The molecule has 0 saturated carbocycles. The van der Waals surface area contributed by atoms with E-state index in [4.69, 9.17) is 4.74 Å². The molecule has 4 nitrogen and oxygen atoms in total. The minimum atomic E-state index is -4.44. The van der Waals surface area contributed by atoms with Crippen LogP contribution in [0.4, 0.5) is 24.7 Å². The summed E-state index contributed by atoms with van der Waals surface area (Å²) < 4.78 is 43.5. The molecule has 0 saturated heterocycles. The molecule has 1 aromatic carbocycles. The lowest BCUT2D eigenvalue weighted by Crippen LogP contribution is -2.13. The molecule has 0 unspecified atom stereocenters. The van der Waals surface area contributed by atoms with Crippen molar-refractivity contribution >= 4 is 17.5 Å². The summed E-state index contributed by atoms with van der Waals surface area (Å²) in [5.41, 5.74) is -0.440. The summed E-state index contributed by atoms with van der Waals surface area (Å²) in [7, 11) is 0. The zero-order valence-corrected chi connectivity index (χ0v) is 13.2. The minimum Gasteiger partial charge on any atom is -0.462 e. The molecule has 0 aliphatic rings. The van der Waals surface area contributed by atoms with Gasteiger partial charge < -0.3 is 10.1 Å². The number of carbonyl (C=O) groups is 1. The number of ether oxygens (including phenoxy) is 1. The number of hydrogen-bond acceptors (Lipinski definition) is 4. The quantitative estimate of drug-likeness (QED) is 0.806. The van der Waals surface area contributed by atoms with Crippen LogP contribution in [0.15, 0.2) is 42.6 Å². The van der Waals surface area contributed by atoms with E-state index < -0.39 is 17.7 Å². The molecule has 1 aromatic heterocycles. The number of halogens is 3. The minimum absolute atomic E-state index is 0.144. The first kappa shape index (κ1) is 17.8. The molecule has 0 fully saturated rings. The highest BCUT2D eigenvalue weighted by molar-refractivity contribution is 5.95. The van der Waals surface area contributed by atoms with E-state index in [0.717, 1.165) is 12.1 Å². The Bertz CT molecular complexity index is 715. The van der Waals surface area contributed by atoms with Crippen LogP contribution in [0, 0.1) is 5.92 Å². The number of rotatable bonds is 5. The number of hydrogen-bond donors (Lipinski definition) is 1. The van der Waals surface area contributed by atoms with Crippen LogP contribution in [-0.4, -0.2) is 17.6 Å². The fraction of sp³-hybridized carbons (Fsp3) is 0.294. The molecule has 2 rings (SSSR count). The molecule has 1 N–H and O–H groups in total. The zero-order chi connectivity index (χ0) is 17.7. The maximum Gasteiger partial charge on any atom is 0.416 e. The Kier molecular flexibility index (Phi) is 5.43. The third-order valence-corrected chi connectivity index (χ3v) is 3.03. The number of nitrogens with zero attached hydrogens (tertiary/aromatic N) is 1. The number of anilines is 2. The lowest BCUT2D eigenvalue weighted by molar-refractivity contribution is -0.137. The summed E-state index contributed by atoms with van der Waals surface area (Å²) in [5, 5.41) is 2.74. The Labute approximate surface area is 137 Å². The summed E-state index contributed by atoms with van der Waals surface area (Å²) in [4.78, 5) is 16.1. The highest BCUT2D eigenvalue weighted by Crippen LogP contribution is 2.31. The van der Waals surface area contributed by atoms with E-state index in [1.807, 2.05) is 13.8 Å². The smallest absolute Gasteiger partial charge is 0.416 e. The van der Waals surface area contributed by atoms with E-state index in [-0.39, 0.29) is 29.6 Å². The van der Waals surface area contributed by atoms with E-state index >= 15 is 0 Å². The van der Waals surface area contributed by atoms with Crippen molar-refractivity contribution in [2.24, 2.45) is 5.92 Å². The van der Waals surface area contributed by atoms with Gasteiger partial charge in [-0.15, -0.1) is 0 Å². The summed E-state index contributed by atoms with van der Waals surface area (Å²) in [6.45, 7) is 4.05. The number of carbonyl (C=O) groups excluding carboxylic acids is 1. The SMILES string of the molecule is CC(C)COC(=O)c1cccnc1Nc1cccc(C(F)(F)F)c1. The van der Waals surface area contributed by atoms with Gasteiger partial charge in [0.2, 0.25) is 0 Å². The number of pyridine rings is 1. The Morgan fingerprint density at radius 2 is 2.00 bits per heavy atom. The largest absolute Gasteiger partial charge is 0.462 e. The van der Waals surface area contributed by atoms with E-state index in [9.17, 15) is 18.0 Å². The van der Waals surface area contributed by atoms with Crippen molar-refractivity contribution in [2.75, 3.05) is 11.9 Å². The fourth-order valence-electron chi connectivity index (χ4n) is 1.90. The van der Waals surface area contributed by atoms with Gasteiger partial charge in [0.25, 0.3) is 0 Å². The molecule has 0 amide bonds. The summed E-state index contributed by atoms with van der Waals surface area (Å²) in [6, 6.07) is 7.74. The summed E-state index contributed by atoms with van der Waals surface area (Å²) >= 11 is 0. The molecule has 0 aliphatic carbocycles. The fourth-order valence-corrected chi connectivity index (χ4v) is 1.90. The highest BCUT2D eigenvalue weighted by atomic mass is 19.4. The molecule has 24 heavy (non-hydrogen) atoms. The number of esters is 1. The van der Waals surface area contributed by atoms with Crippen molar-refractivity contribution in [3.05, 3.63) is 53.7 Å². The van der Waals surface area contributed by atoms with E-state index in [1.54, 1.807) is 6.07 Å². The summed E-state index contributed by atoms with van der Waals surface area (Å²) in [6.07, 6.45) is -3.00. The first-order valence-electron chi connectivity index (χ1n) is 7.34. The predicted molar refractivity (Wildman–Crippen MR) is 84.1 cm³/mol. The van der Waals surface area contributed by atoms with Crippen LogP contribution in [0.5, 0.6) is 0 Å². The highest BCUT2D eigenvalue weighted by Gasteiger charge is 2.30. The van der Waals surface area contributed by atoms with Crippen LogP contribution in [0.25, 0.3) is 0 Å². The molecule has 0 bridgehead atoms. The van der Waals surface area contributed by atoms with Gasteiger partial charge in [0.1, 0.15) is 11.4 Å². The lowest BCUT2D eigenvalue weighted by atomic mass is 10.2. The van der Waals surface area contributed by atoms with Gasteiger partial charge in [-0.1, -0.05) is 19.9 Å². The number of nitrogens with one attached hydrogen (secondary N) is 1. The molecule has 2 aromatic rings. The van der Waals surface area contributed by atoms with Gasteiger partial charge in [0.15, 0.2) is 0 Å². The normalized spacial score (nSPS) is 11.4. The molecular weight excluding hydrogens is 321 g/mol. The molecule has 7 heteroatoms. The maximum absolute atomic E-state index is 12.8. The van der Waals surface area contributed by atoms with Crippen molar-refractivity contribution in [1.82, 2.24) is 4.98 Å². The zero-order valence-electron chi connectivity index (χ0n) is 13.2.